The van der Waals surface area contributed by atoms with Crippen LogP contribution in [0.4, 0.5) is 28.0 Å². The van der Waals surface area contributed by atoms with Gasteiger partial charge in [-0.3, -0.25) is 0 Å². The molecule has 22 heavy (non-hydrogen) atoms. The Balaban J connectivity index is 2.80. The number of alkyl halides is 3. The van der Waals surface area contributed by atoms with Gasteiger partial charge in [-0.1, -0.05) is 24.8 Å². The molecule has 0 aliphatic carbocycles. The molecule has 1 aromatic rings. The monoisotopic (exact) mass is 314 g/mol. The molecule has 0 radical (unpaired) electrons. The van der Waals surface area contributed by atoms with Crippen molar-refractivity contribution < 1.29 is 22.4 Å². The van der Waals surface area contributed by atoms with Crippen LogP contribution in [-0.4, -0.2) is 6.03 Å². The zero-order valence-electron chi connectivity index (χ0n) is 11.7. The maximum atomic E-state index is 13.5. The quantitative estimate of drug-likeness (QED) is 0.618. The Morgan fingerprint density at radius 1 is 1.23 bits per heavy atom. The molecule has 0 saturated carbocycles. The number of carbonyl (C=O) groups is 1. The van der Waals surface area contributed by atoms with Gasteiger partial charge in [0, 0.05) is 5.70 Å². The molecule has 3 nitrogen and oxygen atoms in total. The number of allylic oxidation sites excluding steroid dienone is 3. The highest BCUT2D eigenvalue weighted by molar-refractivity contribution is 5.90. The molecule has 0 aromatic heterocycles. The van der Waals surface area contributed by atoms with Crippen molar-refractivity contribution in [1.29, 1.82) is 0 Å². The lowest BCUT2D eigenvalue weighted by Crippen LogP contribution is -2.27. The van der Waals surface area contributed by atoms with Crippen LogP contribution in [0.3, 0.4) is 0 Å². The summed E-state index contributed by atoms with van der Waals surface area (Å²) in [4.78, 5) is 11.6. The second-order valence-electron chi connectivity index (χ2n) is 4.48. The van der Waals surface area contributed by atoms with Gasteiger partial charge in [0.05, 0.1) is 11.3 Å². The molecular formula is C15H14F4N2O. The van der Waals surface area contributed by atoms with Gasteiger partial charge >= 0.3 is 12.2 Å². The number of benzene rings is 1. The molecule has 0 saturated heterocycles. The van der Waals surface area contributed by atoms with Gasteiger partial charge in [-0.05, 0) is 31.2 Å². The minimum atomic E-state index is -4.63. The third-order valence-electron chi connectivity index (χ3n) is 2.39. The van der Waals surface area contributed by atoms with E-state index in [-0.39, 0.29) is 5.70 Å². The minimum Gasteiger partial charge on any atom is -0.308 e. The average Bonchev–Trinajstić information content (AvgIpc) is 2.37. The Bertz CT molecular complexity index is 633. The lowest BCUT2D eigenvalue weighted by molar-refractivity contribution is -0.137. The Morgan fingerprint density at radius 2 is 1.86 bits per heavy atom. The highest BCUT2D eigenvalue weighted by Crippen LogP contribution is 2.31. The molecule has 0 unspecified atom stereocenters. The number of nitrogens with one attached hydrogen (secondary N) is 2. The molecular weight excluding hydrogens is 300 g/mol. The van der Waals surface area contributed by atoms with E-state index in [0.29, 0.717) is 23.8 Å². The maximum Gasteiger partial charge on any atom is 0.416 e. The van der Waals surface area contributed by atoms with E-state index in [1.54, 1.807) is 13.0 Å². The molecule has 0 bridgehead atoms. The predicted molar refractivity (Wildman–Crippen MR) is 76.7 cm³/mol. The maximum absolute atomic E-state index is 13.5. The number of anilines is 1. The molecule has 7 heteroatoms. The van der Waals surface area contributed by atoms with Crippen molar-refractivity contribution in [3.63, 3.8) is 0 Å². The number of rotatable bonds is 4. The summed E-state index contributed by atoms with van der Waals surface area (Å²) in [6, 6.07) is 0.831. The SMILES string of the molecule is C=C(C)/C=C\C(=C)NC(=O)Nc1cc(C(F)(F)F)ccc1F. The Labute approximate surface area is 125 Å². The van der Waals surface area contributed by atoms with Gasteiger partial charge in [0.25, 0.3) is 0 Å². The van der Waals surface area contributed by atoms with Crippen LogP contribution >= 0.6 is 0 Å². The summed E-state index contributed by atoms with van der Waals surface area (Å²) in [5.74, 6) is -0.980. The molecule has 0 atom stereocenters. The van der Waals surface area contributed by atoms with Gasteiger partial charge in [0.2, 0.25) is 0 Å². The summed E-state index contributed by atoms with van der Waals surface area (Å²) in [6.07, 6.45) is -1.60. The van der Waals surface area contributed by atoms with Crippen molar-refractivity contribution in [3.8, 4) is 0 Å². The standard InChI is InChI=1S/C15H14F4N2O/c1-9(2)4-5-10(3)20-14(22)21-13-8-11(15(17,18)19)6-7-12(13)16/h4-8H,1,3H2,2H3,(H2,20,21,22)/b5-4-. The highest BCUT2D eigenvalue weighted by atomic mass is 19.4. The van der Waals surface area contributed by atoms with Crippen LogP contribution in [-0.2, 0) is 6.18 Å². The molecule has 118 valence electrons. The second kappa shape index (κ2) is 6.93. The van der Waals surface area contributed by atoms with E-state index in [9.17, 15) is 22.4 Å². The van der Waals surface area contributed by atoms with Gasteiger partial charge in [0.15, 0.2) is 0 Å². The van der Waals surface area contributed by atoms with Gasteiger partial charge < -0.3 is 10.6 Å². The summed E-state index contributed by atoms with van der Waals surface area (Å²) in [6.45, 7) is 8.84. The van der Waals surface area contributed by atoms with Crippen molar-refractivity contribution in [2.45, 2.75) is 13.1 Å². The van der Waals surface area contributed by atoms with E-state index < -0.39 is 29.3 Å². The lowest BCUT2D eigenvalue weighted by atomic mass is 10.2. The first-order chi connectivity index (χ1) is 10.1. The first-order valence-electron chi connectivity index (χ1n) is 6.07. The Kier molecular flexibility index (Phi) is 5.50. The van der Waals surface area contributed by atoms with Crippen molar-refractivity contribution in [2.75, 3.05) is 5.32 Å². The Hall–Kier alpha value is -2.57. The normalized spacial score (nSPS) is 11.3. The number of halogens is 4. The third-order valence-corrected chi connectivity index (χ3v) is 2.39. The van der Waals surface area contributed by atoms with Crippen molar-refractivity contribution in [3.05, 3.63) is 66.2 Å². The number of carbonyl (C=O) groups excluding carboxylic acids is 1. The smallest absolute Gasteiger partial charge is 0.308 e. The number of urea groups is 1. The van der Waals surface area contributed by atoms with E-state index in [2.05, 4.69) is 18.5 Å². The molecule has 0 heterocycles. The largest absolute Gasteiger partial charge is 0.416 e. The minimum absolute atomic E-state index is 0.174. The average molecular weight is 314 g/mol. The van der Waals surface area contributed by atoms with Gasteiger partial charge in [-0.15, -0.1) is 0 Å². The molecule has 0 aliphatic heterocycles. The predicted octanol–water partition coefficient (Wildman–Crippen LogP) is 4.61. The number of hydrogen-bond acceptors (Lipinski definition) is 1. The molecule has 0 spiro atoms. The summed E-state index contributed by atoms with van der Waals surface area (Å²) < 4.78 is 51.1. The van der Waals surface area contributed by atoms with Crippen LogP contribution in [0.5, 0.6) is 0 Å². The lowest BCUT2D eigenvalue weighted by Gasteiger charge is -2.11. The summed E-state index contributed by atoms with van der Waals surface area (Å²) in [7, 11) is 0. The molecule has 2 N–H and O–H groups in total. The fourth-order valence-corrected chi connectivity index (χ4v) is 1.38. The zero-order valence-corrected chi connectivity index (χ0v) is 11.7. The molecule has 2 amide bonds. The van der Waals surface area contributed by atoms with Gasteiger partial charge in [-0.25, -0.2) is 9.18 Å². The van der Waals surface area contributed by atoms with Crippen LogP contribution < -0.4 is 10.6 Å². The van der Waals surface area contributed by atoms with E-state index >= 15 is 0 Å². The van der Waals surface area contributed by atoms with E-state index in [4.69, 9.17) is 0 Å². The first-order valence-corrected chi connectivity index (χ1v) is 6.07. The number of hydrogen-bond donors (Lipinski definition) is 2. The molecule has 0 fully saturated rings. The van der Waals surface area contributed by atoms with Crippen LogP contribution in [0, 0.1) is 5.82 Å². The first kappa shape index (κ1) is 17.5. The van der Waals surface area contributed by atoms with Gasteiger partial charge in [0.1, 0.15) is 5.82 Å². The molecule has 1 aromatic carbocycles. The van der Waals surface area contributed by atoms with Crippen LogP contribution in [0.1, 0.15) is 12.5 Å². The Morgan fingerprint density at radius 3 is 2.41 bits per heavy atom. The highest BCUT2D eigenvalue weighted by Gasteiger charge is 2.31. The van der Waals surface area contributed by atoms with Crippen molar-refractivity contribution in [1.82, 2.24) is 5.32 Å². The zero-order chi connectivity index (χ0) is 16.9. The third kappa shape index (κ3) is 5.43. The van der Waals surface area contributed by atoms with Crippen LogP contribution in [0.15, 0.2) is 54.8 Å². The van der Waals surface area contributed by atoms with Crippen LogP contribution in [0.25, 0.3) is 0 Å². The summed E-state index contributed by atoms with van der Waals surface area (Å²) in [5, 5.41) is 4.25. The van der Waals surface area contributed by atoms with Crippen LogP contribution in [0.2, 0.25) is 0 Å². The van der Waals surface area contributed by atoms with Gasteiger partial charge in [-0.2, -0.15) is 13.2 Å². The molecule has 0 aliphatic rings. The second-order valence-corrected chi connectivity index (χ2v) is 4.48. The van der Waals surface area contributed by atoms with Crippen molar-refractivity contribution >= 4 is 11.7 Å². The van der Waals surface area contributed by atoms with E-state index in [1.807, 2.05) is 5.32 Å². The van der Waals surface area contributed by atoms with Crippen molar-refractivity contribution in [2.24, 2.45) is 0 Å². The number of amides is 2. The fourth-order valence-electron chi connectivity index (χ4n) is 1.38. The fraction of sp³-hybridized carbons (Fsp3) is 0.133. The summed E-state index contributed by atoms with van der Waals surface area (Å²) >= 11 is 0. The summed E-state index contributed by atoms with van der Waals surface area (Å²) in [5.41, 5.74) is -0.755. The molecule has 1 rings (SSSR count). The van der Waals surface area contributed by atoms with E-state index in [1.165, 1.54) is 6.08 Å². The topological polar surface area (TPSA) is 41.1 Å². The van der Waals surface area contributed by atoms with E-state index in [0.717, 1.165) is 0 Å².